The van der Waals surface area contributed by atoms with Gasteiger partial charge in [0.15, 0.2) is 0 Å². The van der Waals surface area contributed by atoms with Gasteiger partial charge in [0.25, 0.3) is 5.91 Å². The normalized spacial score (nSPS) is 21.3. The highest BCUT2D eigenvalue weighted by molar-refractivity contribution is 6.06. The molecule has 1 amide bonds. The molecule has 2 heterocycles. The van der Waals surface area contributed by atoms with Gasteiger partial charge in [-0.2, -0.15) is 0 Å². The van der Waals surface area contributed by atoms with Crippen molar-refractivity contribution in [1.82, 2.24) is 14.9 Å². The van der Waals surface area contributed by atoms with Crippen LogP contribution in [0.3, 0.4) is 0 Å². The summed E-state index contributed by atoms with van der Waals surface area (Å²) in [4.78, 5) is 24.2. The van der Waals surface area contributed by atoms with E-state index < -0.39 is 0 Å². The number of carbonyl (C=O) groups excluding carboxylic acids is 1. The average Bonchev–Trinajstić information content (AvgIpc) is 2.58. The van der Waals surface area contributed by atoms with Gasteiger partial charge >= 0.3 is 0 Å². The molecule has 5 heteroatoms. The molecule has 5 nitrogen and oxygen atoms in total. The van der Waals surface area contributed by atoms with Gasteiger partial charge in [0.1, 0.15) is 5.52 Å². The largest absolute Gasteiger partial charge is 0.372 e. The number of hydrogen-bond donors (Lipinski definition) is 0. The number of fused-ring (bicyclic) bond motifs is 2. The first-order valence-electron chi connectivity index (χ1n) is 8.22. The molecule has 1 fully saturated rings. The highest BCUT2D eigenvalue weighted by Gasteiger charge is 2.27. The second-order valence-electron chi connectivity index (χ2n) is 6.35. The van der Waals surface area contributed by atoms with Crippen LogP contribution in [0.5, 0.6) is 0 Å². The molecule has 0 N–H and O–H groups in total. The van der Waals surface area contributed by atoms with Gasteiger partial charge in [-0.05, 0) is 38.1 Å². The molecule has 1 aliphatic rings. The van der Waals surface area contributed by atoms with E-state index in [2.05, 4.69) is 4.98 Å². The molecule has 0 spiro atoms. The van der Waals surface area contributed by atoms with E-state index in [1.807, 2.05) is 61.2 Å². The fraction of sp³-hybridized carbons (Fsp3) is 0.316. The number of nitrogens with zero attached hydrogens (tertiary/aromatic N) is 3. The third kappa shape index (κ3) is 2.61. The first-order valence-corrected chi connectivity index (χ1v) is 8.22. The summed E-state index contributed by atoms with van der Waals surface area (Å²) >= 11 is 0. The number of para-hydroxylation sites is 3. The zero-order valence-electron chi connectivity index (χ0n) is 13.8. The van der Waals surface area contributed by atoms with Crippen molar-refractivity contribution in [2.45, 2.75) is 26.1 Å². The molecule has 1 aromatic heterocycles. The molecule has 122 valence electrons. The van der Waals surface area contributed by atoms with Crippen LogP contribution in [-0.4, -0.2) is 46.1 Å². The quantitative estimate of drug-likeness (QED) is 0.647. The van der Waals surface area contributed by atoms with Crippen molar-refractivity contribution < 1.29 is 9.53 Å². The Morgan fingerprint density at radius 1 is 0.958 bits per heavy atom. The van der Waals surface area contributed by atoms with Crippen molar-refractivity contribution in [2.75, 3.05) is 13.1 Å². The maximum absolute atomic E-state index is 13.0. The van der Waals surface area contributed by atoms with E-state index in [1.54, 1.807) is 0 Å². The molecule has 2 aromatic carbocycles. The Balaban J connectivity index is 1.81. The smallest absolute Gasteiger partial charge is 0.256 e. The van der Waals surface area contributed by atoms with Crippen molar-refractivity contribution in [3.8, 4) is 0 Å². The summed E-state index contributed by atoms with van der Waals surface area (Å²) in [5, 5.41) is 0. The van der Waals surface area contributed by atoms with E-state index in [0.717, 1.165) is 16.6 Å². The van der Waals surface area contributed by atoms with Crippen LogP contribution in [0, 0.1) is 0 Å². The lowest BCUT2D eigenvalue weighted by Gasteiger charge is -2.35. The summed E-state index contributed by atoms with van der Waals surface area (Å²) in [6, 6.07) is 13.3. The Kier molecular flexibility index (Phi) is 3.65. The summed E-state index contributed by atoms with van der Waals surface area (Å²) in [6.45, 7) is 5.18. The summed E-state index contributed by atoms with van der Waals surface area (Å²) < 4.78 is 5.73. The molecule has 3 aromatic rings. The van der Waals surface area contributed by atoms with Crippen LogP contribution >= 0.6 is 0 Å². The topological polar surface area (TPSA) is 55.3 Å². The predicted octanol–water partition coefficient (Wildman–Crippen LogP) is 3.03. The molecule has 0 radical (unpaired) electrons. The summed E-state index contributed by atoms with van der Waals surface area (Å²) in [6.07, 6.45) is 0.0826. The van der Waals surface area contributed by atoms with Crippen LogP contribution in [0.25, 0.3) is 22.1 Å². The van der Waals surface area contributed by atoms with Gasteiger partial charge in [-0.15, -0.1) is 0 Å². The molecule has 1 saturated heterocycles. The second kappa shape index (κ2) is 5.83. The van der Waals surface area contributed by atoms with Crippen LogP contribution in [0.2, 0.25) is 0 Å². The lowest BCUT2D eigenvalue weighted by Crippen LogP contribution is -2.48. The molecule has 4 rings (SSSR count). The molecular weight excluding hydrogens is 302 g/mol. The van der Waals surface area contributed by atoms with Gasteiger partial charge in [0.2, 0.25) is 0 Å². The lowest BCUT2D eigenvalue weighted by atomic mass is 10.1. The monoisotopic (exact) mass is 321 g/mol. The number of ether oxygens (including phenoxy) is 1. The van der Waals surface area contributed by atoms with Gasteiger partial charge in [-0.3, -0.25) is 4.79 Å². The number of hydrogen-bond acceptors (Lipinski definition) is 4. The first kappa shape index (κ1) is 15.0. The van der Waals surface area contributed by atoms with Gasteiger partial charge in [0, 0.05) is 13.1 Å². The number of benzene rings is 2. The van der Waals surface area contributed by atoms with E-state index in [0.29, 0.717) is 24.2 Å². The second-order valence-corrected chi connectivity index (χ2v) is 6.35. The molecule has 1 aliphatic heterocycles. The van der Waals surface area contributed by atoms with E-state index in [4.69, 9.17) is 9.72 Å². The Bertz CT molecular complexity index is 915. The van der Waals surface area contributed by atoms with E-state index in [1.165, 1.54) is 0 Å². The van der Waals surface area contributed by atoms with Crippen molar-refractivity contribution in [2.24, 2.45) is 0 Å². The summed E-state index contributed by atoms with van der Waals surface area (Å²) in [5.41, 5.74) is 3.64. The van der Waals surface area contributed by atoms with Crippen LogP contribution in [0.4, 0.5) is 0 Å². The van der Waals surface area contributed by atoms with Crippen LogP contribution in [0.1, 0.15) is 24.2 Å². The zero-order chi connectivity index (χ0) is 16.7. The third-order valence-corrected chi connectivity index (χ3v) is 4.31. The summed E-state index contributed by atoms with van der Waals surface area (Å²) in [7, 11) is 0. The molecule has 0 saturated carbocycles. The van der Waals surface area contributed by atoms with E-state index in [9.17, 15) is 4.79 Å². The Morgan fingerprint density at radius 3 is 2.29 bits per heavy atom. The highest BCUT2D eigenvalue weighted by atomic mass is 16.5. The average molecular weight is 321 g/mol. The summed E-state index contributed by atoms with van der Waals surface area (Å²) in [5.74, 6) is -0.00724. The van der Waals surface area contributed by atoms with E-state index >= 15 is 0 Å². The highest BCUT2D eigenvalue weighted by Crippen LogP contribution is 2.22. The molecule has 2 unspecified atom stereocenters. The number of aromatic nitrogens is 2. The third-order valence-electron chi connectivity index (χ3n) is 4.31. The Hall–Kier alpha value is -2.53. The van der Waals surface area contributed by atoms with Crippen LogP contribution in [0.15, 0.2) is 42.5 Å². The van der Waals surface area contributed by atoms with Gasteiger partial charge < -0.3 is 9.64 Å². The van der Waals surface area contributed by atoms with Crippen LogP contribution in [-0.2, 0) is 4.74 Å². The number of carbonyl (C=O) groups is 1. The molecule has 0 aliphatic carbocycles. The fourth-order valence-electron chi connectivity index (χ4n) is 3.33. The molecule has 2 atom stereocenters. The van der Waals surface area contributed by atoms with Gasteiger partial charge in [0.05, 0.1) is 34.3 Å². The van der Waals surface area contributed by atoms with Crippen LogP contribution < -0.4 is 0 Å². The Morgan fingerprint density at radius 2 is 1.58 bits per heavy atom. The van der Waals surface area contributed by atoms with E-state index in [-0.39, 0.29) is 18.1 Å². The maximum Gasteiger partial charge on any atom is 0.256 e. The first-order chi connectivity index (χ1) is 11.6. The molecular formula is C19H19N3O2. The minimum atomic E-state index is -0.00724. The standard InChI is InChI=1S/C19H19N3O2/c1-12-10-22(11-13(2)24-12)19(23)14-6-5-9-17-18(14)21-16-8-4-3-7-15(16)20-17/h3-9,12-13H,10-11H2,1-2H3. The van der Waals surface area contributed by atoms with Crippen molar-refractivity contribution in [3.63, 3.8) is 0 Å². The number of morpholine rings is 1. The maximum atomic E-state index is 13.0. The van der Waals surface area contributed by atoms with Crippen molar-refractivity contribution in [3.05, 3.63) is 48.0 Å². The SMILES string of the molecule is CC1CN(C(=O)c2cccc3nc4ccccc4nc23)CC(C)O1. The van der Waals surface area contributed by atoms with Gasteiger partial charge in [-0.1, -0.05) is 18.2 Å². The van der Waals surface area contributed by atoms with Crippen molar-refractivity contribution in [1.29, 1.82) is 0 Å². The number of amides is 1. The minimum Gasteiger partial charge on any atom is -0.372 e. The predicted molar refractivity (Wildman–Crippen MR) is 93.0 cm³/mol. The lowest BCUT2D eigenvalue weighted by molar-refractivity contribution is -0.0585. The zero-order valence-corrected chi connectivity index (χ0v) is 13.8. The van der Waals surface area contributed by atoms with Crippen molar-refractivity contribution >= 4 is 28.0 Å². The van der Waals surface area contributed by atoms with Gasteiger partial charge in [-0.25, -0.2) is 9.97 Å². The minimum absolute atomic E-state index is 0.00724. The molecule has 0 bridgehead atoms. The fourth-order valence-corrected chi connectivity index (χ4v) is 3.33. The Labute approximate surface area is 140 Å². The molecule has 24 heavy (non-hydrogen) atoms. The number of rotatable bonds is 1.